The number of aryl methyl sites for hydroxylation is 1. The number of hydrazone groups is 1. The fourth-order valence-electron chi connectivity index (χ4n) is 4.13. The second-order valence-electron chi connectivity index (χ2n) is 7.79. The van der Waals surface area contributed by atoms with Crippen molar-refractivity contribution in [2.75, 3.05) is 5.43 Å². The van der Waals surface area contributed by atoms with Crippen LogP contribution < -0.4 is 5.43 Å². The number of hydrogen-bond acceptors (Lipinski definition) is 4. The van der Waals surface area contributed by atoms with E-state index in [4.69, 9.17) is 4.98 Å². The Morgan fingerprint density at radius 2 is 1.62 bits per heavy atom. The van der Waals surface area contributed by atoms with Crippen molar-refractivity contribution in [1.82, 2.24) is 9.55 Å². The summed E-state index contributed by atoms with van der Waals surface area (Å²) in [4.78, 5) is 4.73. The third-order valence-corrected chi connectivity index (χ3v) is 6.86. The summed E-state index contributed by atoms with van der Waals surface area (Å²) in [5.41, 5.74) is 9.76. The van der Waals surface area contributed by atoms with Crippen molar-refractivity contribution in [3.63, 3.8) is 0 Å². The molecule has 0 radical (unpaired) electrons. The van der Waals surface area contributed by atoms with E-state index >= 15 is 0 Å². The zero-order valence-corrected chi connectivity index (χ0v) is 18.3. The minimum atomic E-state index is 0.942. The summed E-state index contributed by atoms with van der Waals surface area (Å²) in [6.45, 7) is 0. The maximum absolute atomic E-state index is 4.73. The second-order valence-corrected chi connectivity index (χ2v) is 8.82. The van der Waals surface area contributed by atoms with Crippen LogP contribution in [-0.4, -0.2) is 15.8 Å². The molecule has 0 amide bonds. The molecule has 154 valence electrons. The van der Waals surface area contributed by atoms with Gasteiger partial charge >= 0.3 is 0 Å². The van der Waals surface area contributed by atoms with Crippen LogP contribution in [0.25, 0.3) is 42.6 Å². The lowest BCUT2D eigenvalue weighted by Gasteiger charge is -2.02. The number of hydrogen-bond donors (Lipinski definition) is 1. The average molecular weight is 433 g/mol. The van der Waals surface area contributed by atoms with Crippen molar-refractivity contribution in [3.05, 3.63) is 96.6 Å². The van der Waals surface area contributed by atoms with Gasteiger partial charge in [-0.05, 0) is 60.2 Å². The molecular formula is C27H20N4S. The predicted octanol–water partition coefficient (Wildman–Crippen LogP) is 7.05. The third kappa shape index (κ3) is 3.24. The van der Waals surface area contributed by atoms with Gasteiger partial charge in [-0.2, -0.15) is 5.10 Å². The van der Waals surface area contributed by atoms with E-state index in [1.54, 1.807) is 11.3 Å². The number of para-hydroxylation sites is 2. The molecule has 5 heteroatoms. The topological polar surface area (TPSA) is 42.2 Å². The van der Waals surface area contributed by atoms with Crippen LogP contribution in [0.15, 0.2) is 96.1 Å². The smallest absolute Gasteiger partial charge is 0.124 e. The normalized spacial score (nSPS) is 11.8. The molecule has 0 aliphatic heterocycles. The Hall–Kier alpha value is -3.96. The van der Waals surface area contributed by atoms with Gasteiger partial charge in [-0.3, -0.25) is 5.43 Å². The Balaban J connectivity index is 1.22. The Labute approximate surface area is 189 Å². The van der Waals surface area contributed by atoms with Crippen LogP contribution in [0.2, 0.25) is 0 Å². The van der Waals surface area contributed by atoms with E-state index in [0.29, 0.717) is 0 Å². The van der Waals surface area contributed by atoms with Crippen LogP contribution in [0, 0.1) is 0 Å². The largest absolute Gasteiger partial charge is 0.344 e. The maximum Gasteiger partial charge on any atom is 0.124 e. The first-order chi connectivity index (χ1) is 15.8. The second kappa shape index (κ2) is 7.62. The van der Waals surface area contributed by atoms with Gasteiger partial charge in [0, 0.05) is 34.4 Å². The van der Waals surface area contributed by atoms with Crippen LogP contribution in [0.3, 0.4) is 0 Å². The quantitative estimate of drug-likeness (QED) is 0.239. The first-order valence-electron chi connectivity index (χ1n) is 10.5. The van der Waals surface area contributed by atoms with Gasteiger partial charge in [0.05, 0.1) is 22.1 Å². The minimum absolute atomic E-state index is 0.942. The summed E-state index contributed by atoms with van der Waals surface area (Å²) < 4.78 is 3.44. The highest BCUT2D eigenvalue weighted by molar-refractivity contribution is 7.21. The molecule has 2 aromatic heterocycles. The highest BCUT2D eigenvalue weighted by Crippen LogP contribution is 2.31. The number of fused-ring (bicyclic) bond motifs is 4. The molecule has 0 unspecified atom stereocenters. The van der Waals surface area contributed by atoms with Crippen LogP contribution >= 0.6 is 11.3 Å². The van der Waals surface area contributed by atoms with Gasteiger partial charge < -0.3 is 4.57 Å². The zero-order valence-electron chi connectivity index (χ0n) is 17.5. The molecule has 0 fully saturated rings. The molecule has 0 spiro atoms. The van der Waals surface area contributed by atoms with Gasteiger partial charge in [-0.1, -0.05) is 36.4 Å². The van der Waals surface area contributed by atoms with Crippen LogP contribution in [0.4, 0.5) is 5.69 Å². The molecule has 2 heterocycles. The molecule has 4 aromatic carbocycles. The first-order valence-corrected chi connectivity index (χ1v) is 11.3. The number of anilines is 1. The standard InChI is InChI=1S/C27H20N4S/c1-31-24-8-4-2-6-21(24)22-16-18(10-15-25(22)31)17-28-30-20-13-11-19(12-14-20)27-29-23-7-3-5-9-26(23)32-27/h2-17,30H,1H3/b28-17-. The maximum atomic E-state index is 4.73. The van der Waals surface area contributed by atoms with Gasteiger partial charge in [0.2, 0.25) is 0 Å². The first kappa shape index (κ1) is 18.8. The van der Waals surface area contributed by atoms with Gasteiger partial charge in [-0.25, -0.2) is 4.98 Å². The summed E-state index contributed by atoms with van der Waals surface area (Å²) in [5.74, 6) is 0. The highest BCUT2D eigenvalue weighted by Gasteiger charge is 2.08. The number of aromatic nitrogens is 2. The van der Waals surface area contributed by atoms with Crippen LogP contribution in [-0.2, 0) is 7.05 Å². The van der Waals surface area contributed by atoms with Crippen molar-refractivity contribution in [3.8, 4) is 10.6 Å². The molecule has 0 saturated carbocycles. The van der Waals surface area contributed by atoms with Crippen molar-refractivity contribution in [2.45, 2.75) is 0 Å². The number of thiazole rings is 1. The molecule has 1 N–H and O–H groups in total. The van der Waals surface area contributed by atoms with Gasteiger partial charge in [0.25, 0.3) is 0 Å². The van der Waals surface area contributed by atoms with Crippen LogP contribution in [0.1, 0.15) is 5.56 Å². The fraction of sp³-hybridized carbons (Fsp3) is 0.0370. The summed E-state index contributed by atoms with van der Waals surface area (Å²) in [5, 5.41) is 7.99. The summed E-state index contributed by atoms with van der Waals surface area (Å²) in [7, 11) is 2.11. The lowest BCUT2D eigenvalue weighted by Crippen LogP contribution is -1.91. The summed E-state index contributed by atoms with van der Waals surface area (Å²) >= 11 is 1.71. The third-order valence-electron chi connectivity index (χ3n) is 5.77. The SMILES string of the molecule is Cn1c2ccccc2c2cc(/C=N\Nc3ccc(-c4nc5ccccc5s4)cc3)ccc21. The fourth-order valence-corrected chi connectivity index (χ4v) is 5.10. The van der Waals surface area contributed by atoms with Crippen LogP contribution in [0.5, 0.6) is 0 Å². The van der Waals surface area contributed by atoms with Gasteiger partial charge in [0.1, 0.15) is 5.01 Å². The van der Waals surface area contributed by atoms with Crippen molar-refractivity contribution in [2.24, 2.45) is 12.1 Å². The molecule has 4 nitrogen and oxygen atoms in total. The van der Waals surface area contributed by atoms with E-state index < -0.39 is 0 Å². The molecule has 6 aromatic rings. The zero-order chi connectivity index (χ0) is 21.5. The molecule has 0 aliphatic rings. The average Bonchev–Trinajstić information content (AvgIpc) is 3.39. The van der Waals surface area contributed by atoms with E-state index in [-0.39, 0.29) is 0 Å². The molecular weight excluding hydrogens is 412 g/mol. The lowest BCUT2D eigenvalue weighted by molar-refractivity contribution is 1.01. The van der Waals surface area contributed by atoms with Crippen molar-refractivity contribution in [1.29, 1.82) is 0 Å². The Morgan fingerprint density at radius 3 is 2.50 bits per heavy atom. The molecule has 0 atom stereocenters. The Bertz CT molecular complexity index is 1570. The van der Waals surface area contributed by atoms with E-state index in [9.17, 15) is 0 Å². The number of benzene rings is 4. The number of nitrogens with zero attached hydrogens (tertiary/aromatic N) is 3. The summed E-state index contributed by atoms with van der Waals surface area (Å²) in [6.07, 6.45) is 1.86. The lowest BCUT2D eigenvalue weighted by atomic mass is 10.1. The predicted molar refractivity (Wildman–Crippen MR) is 137 cm³/mol. The molecule has 32 heavy (non-hydrogen) atoms. The van der Waals surface area contributed by atoms with E-state index in [0.717, 1.165) is 27.3 Å². The number of rotatable bonds is 4. The molecule has 0 aliphatic carbocycles. The highest BCUT2D eigenvalue weighted by atomic mass is 32.1. The van der Waals surface area contributed by atoms with E-state index in [2.05, 4.69) is 88.9 Å². The Kier molecular flexibility index (Phi) is 4.47. The summed E-state index contributed by atoms with van der Waals surface area (Å²) in [6, 6.07) is 31.4. The van der Waals surface area contributed by atoms with E-state index in [1.807, 2.05) is 30.5 Å². The van der Waals surface area contributed by atoms with E-state index in [1.165, 1.54) is 26.5 Å². The molecule has 0 bridgehead atoms. The molecule has 6 rings (SSSR count). The molecule has 0 saturated heterocycles. The number of nitrogens with one attached hydrogen (secondary N) is 1. The van der Waals surface area contributed by atoms with Gasteiger partial charge in [0.15, 0.2) is 0 Å². The van der Waals surface area contributed by atoms with Crippen molar-refractivity contribution < 1.29 is 0 Å². The Morgan fingerprint density at radius 1 is 0.844 bits per heavy atom. The monoisotopic (exact) mass is 432 g/mol. The van der Waals surface area contributed by atoms with Gasteiger partial charge in [-0.15, -0.1) is 11.3 Å². The van der Waals surface area contributed by atoms with Crippen molar-refractivity contribution >= 4 is 55.3 Å². The minimum Gasteiger partial charge on any atom is -0.344 e.